The van der Waals surface area contributed by atoms with E-state index in [1.807, 2.05) is 56.0 Å². The minimum Gasteiger partial charge on any atom is -0.351 e. The van der Waals surface area contributed by atoms with E-state index in [9.17, 15) is 0 Å². The maximum Gasteiger partial charge on any atom is 0.194 e. The van der Waals surface area contributed by atoms with Crippen LogP contribution in [0.5, 0.6) is 0 Å². The highest BCUT2D eigenvalue weighted by Crippen LogP contribution is 2.14. The van der Waals surface area contributed by atoms with Crippen molar-refractivity contribution < 1.29 is 0 Å². The number of aliphatic imine (C=N–C) groups is 1. The van der Waals surface area contributed by atoms with E-state index < -0.39 is 0 Å². The van der Waals surface area contributed by atoms with Crippen molar-refractivity contribution in [3.05, 3.63) is 52.6 Å². The normalized spacial score (nSPS) is 11.1. The Balaban J connectivity index is 0.00000264. The fourth-order valence-corrected chi connectivity index (χ4v) is 2.57. The summed E-state index contributed by atoms with van der Waals surface area (Å²) in [6.45, 7) is 3.36. The Labute approximate surface area is 159 Å². The van der Waals surface area contributed by atoms with Crippen LogP contribution in [0.15, 0.2) is 35.5 Å². The number of guanidine groups is 1. The van der Waals surface area contributed by atoms with Crippen LogP contribution >= 0.6 is 35.6 Å². The minimum absolute atomic E-state index is 0. The Bertz CT molecular complexity index is 668. The van der Waals surface area contributed by atoms with Crippen LogP contribution in [0.2, 0.25) is 5.02 Å². The van der Waals surface area contributed by atoms with Crippen LogP contribution in [0.3, 0.4) is 0 Å². The number of pyridine rings is 1. The van der Waals surface area contributed by atoms with Crippen LogP contribution in [0.1, 0.15) is 17.1 Å². The molecule has 0 saturated heterocycles. The summed E-state index contributed by atoms with van der Waals surface area (Å²) in [6.07, 6.45) is 1.90. The monoisotopic (exact) mass is 447 g/mol. The van der Waals surface area contributed by atoms with Gasteiger partial charge in [-0.2, -0.15) is 0 Å². The number of hydrogen-bond donors (Lipinski definition) is 1. The minimum atomic E-state index is 0. The fraction of sp³-hybridized carbons (Fsp3) is 0.375. The highest BCUT2D eigenvalue weighted by atomic mass is 127. The van der Waals surface area contributed by atoms with Gasteiger partial charge in [-0.3, -0.25) is 9.98 Å². The molecular weight excluding hydrogens is 425 g/mol. The average molecular weight is 448 g/mol. The van der Waals surface area contributed by atoms with Crippen molar-refractivity contribution in [2.24, 2.45) is 12.0 Å². The van der Waals surface area contributed by atoms with Gasteiger partial charge < -0.3 is 14.8 Å². The molecule has 126 valence electrons. The molecule has 0 saturated carbocycles. The summed E-state index contributed by atoms with van der Waals surface area (Å²) in [4.78, 5) is 10.9. The molecule has 0 aliphatic rings. The first-order valence-corrected chi connectivity index (χ1v) is 7.52. The topological polar surface area (TPSA) is 45.5 Å². The summed E-state index contributed by atoms with van der Waals surface area (Å²) < 4.78 is 2.02. The molecule has 0 atom stereocenters. The molecule has 0 fully saturated rings. The van der Waals surface area contributed by atoms with Gasteiger partial charge in [-0.25, -0.2) is 0 Å². The summed E-state index contributed by atoms with van der Waals surface area (Å²) in [6, 6.07) is 7.97. The zero-order valence-corrected chi connectivity index (χ0v) is 17.0. The number of nitrogens with zero attached hydrogens (tertiary/aromatic N) is 4. The number of rotatable bonds is 4. The van der Waals surface area contributed by atoms with Gasteiger partial charge >= 0.3 is 0 Å². The van der Waals surface area contributed by atoms with Gasteiger partial charge in [0, 0.05) is 38.7 Å². The van der Waals surface area contributed by atoms with Gasteiger partial charge in [0.15, 0.2) is 5.96 Å². The van der Waals surface area contributed by atoms with Crippen LogP contribution < -0.4 is 5.32 Å². The van der Waals surface area contributed by atoms with Gasteiger partial charge in [0.2, 0.25) is 0 Å². The van der Waals surface area contributed by atoms with E-state index in [1.54, 1.807) is 7.05 Å². The highest BCUT2D eigenvalue weighted by Gasteiger charge is 2.10. The molecule has 23 heavy (non-hydrogen) atoms. The number of nitrogens with one attached hydrogen (secondary N) is 1. The van der Waals surface area contributed by atoms with Gasteiger partial charge in [-0.1, -0.05) is 17.7 Å². The number of hydrogen-bond acceptors (Lipinski definition) is 2. The molecule has 2 aromatic rings. The number of halogens is 2. The smallest absolute Gasteiger partial charge is 0.194 e. The van der Waals surface area contributed by atoms with Crippen LogP contribution in [-0.4, -0.2) is 34.5 Å². The van der Waals surface area contributed by atoms with Crippen LogP contribution in [-0.2, 0) is 20.1 Å². The quantitative estimate of drug-likeness (QED) is 0.445. The van der Waals surface area contributed by atoms with Gasteiger partial charge in [0.1, 0.15) is 0 Å². The fourth-order valence-electron chi connectivity index (χ4n) is 2.29. The van der Waals surface area contributed by atoms with E-state index in [4.69, 9.17) is 11.6 Å². The Morgan fingerprint density at radius 3 is 2.74 bits per heavy atom. The molecule has 2 aromatic heterocycles. The summed E-state index contributed by atoms with van der Waals surface area (Å²) >= 11 is 6.03. The van der Waals surface area contributed by atoms with E-state index in [-0.39, 0.29) is 24.0 Å². The summed E-state index contributed by atoms with van der Waals surface area (Å²) in [5.41, 5.74) is 3.14. The maximum absolute atomic E-state index is 6.03. The maximum atomic E-state index is 6.03. The molecule has 2 heterocycles. The second-order valence-electron chi connectivity index (χ2n) is 5.29. The lowest BCUT2D eigenvalue weighted by molar-refractivity contribution is 0.461. The van der Waals surface area contributed by atoms with Crippen molar-refractivity contribution >= 4 is 41.5 Å². The Hall–Kier alpha value is -1.28. The zero-order chi connectivity index (χ0) is 16.1. The van der Waals surface area contributed by atoms with Gasteiger partial charge in [0.25, 0.3) is 0 Å². The molecule has 0 spiro atoms. The summed E-state index contributed by atoms with van der Waals surface area (Å²) in [5.74, 6) is 0.820. The standard InChI is InChI=1S/C16H22ClN5.HI/c1-12-6-5-7-14(20-12)9-19-16(18-2)22(4)11-15-8-13(17)10-21(15)3;/h5-8,10H,9,11H2,1-4H3,(H,18,19);1H. The first-order chi connectivity index (χ1) is 10.5. The molecule has 0 aliphatic heterocycles. The summed E-state index contributed by atoms with van der Waals surface area (Å²) in [5, 5.41) is 4.08. The number of aromatic nitrogens is 2. The SMILES string of the molecule is CN=C(NCc1cccc(C)n1)N(C)Cc1cc(Cl)cn1C.I. The van der Waals surface area contributed by atoms with Gasteiger partial charge in [0.05, 0.1) is 23.8 Å². The van der Waals surface area contributed by atoms with Crippen molar-refractivity contribution in [2.75, 3.05) is 14.1 Å². The lowest BCUT2D eigenvalue weighted by Crippen LogP contribution is -2.38. The van der Waals surface area contributed by atoms with Gasteiger partial charge in [-0.05, 0) is 25.1 Å². The molecule has 7 heteroatoms. The Kier molecular flexibility index (Phi) is 7.84. The van der Waals surface area contributed by atoms with Crippen LogP contribution in [0.4, 0.5) is 0 Å². The second kappa shape index (κ2) is 9.12. The molecular formula is C16H23ClIN5. The van der Waals surface area contributed by atoms with E-state index in [2.05, 4.69) is 20.2 Å². The molecule has 2 rings (SSSR count). The molecule has 5 nitrogen and oxygen atoms in total. The average Bonchev–Trinajstić information content (AvgIpc) is 2.77. The Morgan fingerprint density at radius 2 is 2.17 bits per heavy atom. The van der Waals surface area contributed by atoms with Crippen molar-refractivity contribution in [2.45, 2.75) is 20.0 Å². The number of aryl methyl sites for hydroxylation is 2. The molecule has 0 aliphatic carbocycles. The first-order valence-electron chi connectivity index (χ1n) is 7.14. The molecule has 0 amide bonds. The Morgan fingerprint density at radius 1 is 1.43 bits per heavy atom. The predicted octanol–water partition coefficient (Wildman–Crippen LogP) is 3.21. The molecule has 0 aromatic carbocycles. The van der Waals surface area contributed by atoms with Crippen molar-refractivity contribution in [3.8, 4) is 0 Å². The molecule has 0 unspecified atom stereocenters. The predicted molar refractivity (Wildman–Crippen MR) is 106 cm³/mol. The van der Waals surface area contributed by atoms with Gasteiger partial charge in [-0.15, -0.1) is 24.0 Å². The van der Waals surface area contributed by atoms with Crippen LogP contribution in [0.25, 0.3) is 0 Å². The largest absolute Gasteiger partial charge is 0.351 e. The van der Waals surface area contributed by atoms with Crippen molar-refractivity contribution in [1.29, 1.82) is 0 Å². The van der Waals surface area contributed by atoms with Crippen LogP contribution in [0, 0.1) is 6.92 Å². The van der Waals surface area contributed by atoms with E-state index >= 15 is 0 Å². The molecule has 0 radical (unpaired) electrons. The third kappa shape index (κ3) is 5.69. The third-order valence-electron chi connectivity index (χ3n) is 3.42. The molecule has 0 bridgehead atoms. The van der Waals surface area contributed by atoms with E-state index in [1.165, 1.54) is 0 Å². The summed E-state index contributed by atoms with van der Waals surface area (Å²) in [7, 11) is 5.77. The zero-order valence-electron chi connectivity index (χ0n) is 13.9. The molecule has 1 N–H and O–H groups in total. The lowest BCUT2D eigenvalue weighted by Gasteiger charge is -2.22. The van der Waals surface area contributed by atoms with Crippen molar-refractivity contribution in [3.63, 3.8) is 0 Å². The third-order valence-corrected chi connectivity index (χ3v) is 3.63. The second-order valence-corrected chi connectivity index (χ2v) is 5.72. The lowest BCUT2D eigenvalue weighted by atomic mass is 10.3. The van der Waals surface area contributed by atoms with Crippen molar-refractivity contribution in [1.82, 2.24) is 19.8 Å². The van der Waals surface area contributed by atoms with E-state index in [0.29, 0.717) is 6.54 Å². The first kappa shape index (κ1) is 19.8. The van der Waals surface area contributed by atoms with E-state index in [0.717, 1.165) is 34.6 Å². The highest BCUT2D eigenvalue weighted by molar-refractivity contribution is 14.0.